The third kappa shape index (κ3) is 2.84. The highest BCUT2D eigenvalue weighted by Gasteiger charge is 2.45. The van der Waals surface area contributed by atoms with Crippen LogP contribution in [0.25, 0.3) is 0 Å². The SMILES string of the molecule is CC[C@@H]1c2cn[nH]c2C(=NO)[C@H](CC)N1S(=O)(=O)c1ccc(Cl)cc1. The van der Waals surface area contributed by atoms with E-state index in [1.165, 1.54) is 16.4 Å². The number of sulfonamides is 1. The molecule has 2 N–H and O–H groups in total. The first-order chi connectivity index (χ1) is 12.0. The molecule has 2 heterocycles. The molecule has 0 spiro atoms. The molecular weight excluding hydrogens is 364 g/mol. The third-order valence-corrected chi connectivity index (χ3v) is 6.67. The summed E-state index contributed by atoms with van der Waals surface area (Å²) < 4.78 is 28.1. The van der Waals surface area contributed by atoms with Crippen molar-refractivity contribution in [2.75, 3.05) is 0 Å². The number of fused-ring (bicyclic) bond motifs is 1. The van der Waals surface area contributed by atoms with Crippen molar-refractivity contribution in [2.24, 2.45) is 5.16 Å². The molecular formula is C16H19ClN4O3S. The molecule has 0 bridgehead atoms. The summed E-state index contributed by atoms with van der Waals surface area (Å²) in [6, 6.07) is 5.07. The van der Waals surface area contributed by atoms with Crippen LogP contribution in [-0.4, -0.2) is 39.9 Å². The van der Waals surface area contributed by atoms with Crippen molar-refractivity contribution >= 4 is 27.3 Å². The van der Waals surface area contributed by atoms with Crippen LogP contribution < -0.4 is 0 Å². The zero-order valence-corrected chi connectivity index (χ0v) is 15.4. The molecule has 0 aliphatic carbocycles. The molecule has 7 nitrogen and oxygen atoms in total. The average Bonchev–Trinajstić information content (AvgIpc) is 3.09. The van der Waals surface area contributed by atoms with Crippen LogP contribution in [0.1, 0.15) is 44.0 Å². The van der Waals surface area contributed by atoms with Crippen LogP contribution in [-0.2, 0) is 10.0 Å². The summed E-state index contributed by atoms with van der Waals surface area (Å²) in [5.41, 5.74) is 1.57. The molecule has 0 unspecified atom stereocenters. The maximum Gasteiger partial charge on any atom is 0.244 e. The lowest BCUT2D eigenvalue weighted by atomic mass is 9.92. The van der Waals surface area contributed by atoms with E-state index in [1.807, 2.05) is 13.8 Å². The van der Waals surface area contributed by atoms with E-state index in [0.29, 0.717) is 29.1 Å². The van der Waals surface area contributed by atoms with Crippen LogP contribution in [0.15, 0.2) is 40.5 Å². The normalized spacial score (nSPS) is 22.9. The molecule has 9 heteroatoms. The molecule has 1 aromatic carbocycles. The number of aromatic amines is 1. The number of hydrogen-bond donors (Lipinski definition) is 2. The molecule has 0 saturated heterocycles. The molecule has 1 aliphatic rings. The van der Waals surface area contributed by atoms with E-state index >= 15 is 0 Å². The molecule has 0 fully saturated rings. The number of nitrogens with one attached hydrogen (secondary N) is 1. The molecule has 134 valence electrons. The lowest BCUT2D eigenvalue weighted by molar-refractivity contribution is 0.260. The number of benzene rings is 1. The third-order valence-electron chi connectivity index (χ3n) is 4.48. The number of rotatable bonds is 4. The number of hydrogen-bond acceptors (Lipinski definition) is 5. The van der Waals surface area contributed by atoms with Gasteiger partial charge in [-0.15, -0.1) is 0 Å². The largest absolute Gasteiger partial charge is 0.411 e. The smallest absolute Gasteiger partial charge is 0.244 e. The summed E-state index contributed by atoms with van der Waals surface area (Å²) >= 11 is 5.88. The second-order valence-corrected chi connectivity index (χ2v) is 8.10. The van der Waals surface area contributed by atoms with E-state index < -0.39 is 22.1 Å². The quantitative estimate of drug-likeness (QED) is 0.626. The van der Waals surface area contributed by atoms with Gasteiger partial charge in [0.05, 0.1) is 28.9 Å². The Bertz CT molecular complexity index is 892. The summed E-state index contributed by atoms with van der Waals surface area (Å²) in [5, 5.41) is 20.2. The highest BCUT2D eigenvalue weighted by Crippen LogP contribution is 2.39. The van der Waals surface area contributed by atoms with Crippen LogP contribution in [0.3, 0.4) is 0 Å². The van der Waals surface area contributed by atoms with E-state index in [1.54, 1.807) is 18.3 Å². The summed E-state index contributed by atoms with van der Waals surface area (Å²) in [5.74, 6) is 0. The second-order valence-electron chi connectivity index (χ2n) is 5.82. The van der Waals surface area contributed by atoms with Gasteiger partial charge in [-0.2, -0.15) is 9.40 Å². The van der Waals surface area contributed by atoms with Gasteiger partial charge in [0.15, 0.2) is 0 Å². The van der Waals surface area contributed by atoms with E-state index in [0.717, 1.165) is 0 Å². The van der Waals surface area contributed by atoms with Crippen LogP contribution in [0.4, 0.5) is 0 Å². The van der Waals surface area contributed by atoms with Gasteiger partial charge in [-0.25, -0.2) is 8.42 Å². The van der Waals surface area contributed by atoms with Crippen molar-refractivity contribution in [1.29, 1.82) is 0 Å². The lowest BCUT2D eigenvalue weighted by Crippen LogP contribution is -2.50. The van der Waals surface area contributed by atoms with Gasteiger partial charge in [-0.1, -0.05) is 30.6 Å². The van der Waals surface area contributed by atoms with E-state index in [2.05, 4.69) is 15.4 Å². The molecule has 25 heavy (non-hydrogen) atoms. The number of halogens is 1. The van der Waals surface area contributed by atoms with E-state index in [4.69, 9.17) is 11.6 Å². The van der Waals surface area contributed by atoms with Crippen molar-refractivity contribution in [3.05, 3.63) is 46.7 Å². The Labute approximate surface area is 151 Å². The first kappa shape index (κ1) is 17.9. The fraction of sp³-hybridized carbons (Fsp3) is 0.375. The average molecular weight is 383 g/mol. The van der Waals surface area contributed by atoms with Gasteiger partial charge >= 0.3 is 0 Å². The predicted molar refractivity (Wildman–Crippen MR) is 94.5 cm³/mol. The zero-order valence-electron chi connectivity index (χ0n) is 13.8. The zero-order chi connectivity index (χ0) is 18.2. The lowest BCUT2D eigenvalue weighted by Gasteiger charge is -2.40. The summed E-state index contributed by atoms with van der Waals surface area (Å²) in [6.45, 7) is 3.77. The van der Waals surface area contributed by atoms with Crippen molar-refractivity contribution in [3.8, 4) is 0 Å². The Morgan fingerprint density at radius 3 is 2.44 bits per heavy atom. The minimum atomic E-state index is -3.82. The van der Waals surface area contributed by atoms with Crippen molar-refractivity contribution in [2.45, 2.75) is 43.7 Å². The fourth-order valence-electron chi connectivity index (χ4n) is 3.35. The van der Waals surface area contributed by atoms with Crippen LogP contribution in [0, 0.1) is 0 Å². The number of nitrogens with zero attached hydrogens (tertiary/aromatic N) is 3. The highest BCUT2D eigenvalue weighted by atomic mass is 35.5. The minimum Gasteiger partial charge on any atom is -0.411 e. The predicted octanol–water partition coefficient (Wildman–Crippen LogP) is 3.18. The topological polar surface area (TPSA) is 98.6 Å². The van der Waals surface area contributed by atoms with E-state index in [-0.39, 0.29) is 10.6 Å². The summed E-state index contributed by atoms with van der Waals surface area (Å²) in [7, 11) is -3.82. The van der Waals surface area contributed by atoms with Gasteiger partial charge < -0.3 is 5.21 Å². The molecule has 3 rings (SSSR count). The maximum absolute atomic E-state index is 13.3. The second kappa shape index (κ2) is 6.78. The molecule has 1 aliphatic heterocycles. The number of oxime groups is 1. The van der Waals surface area contributed by atoms with Crippen LogP contribution in [0.5, 0.6) is 0 Å². The molecule has 2 aromatic rings. The highest BCUT2D eigenvalue weighted by molar-refractivity contribution is 7.89. The van der Waals surface area contributed by atoms with Gasteiger partial charge in [0, 0.05) is 10.6 Å². The molecule has 2 atom stereocenters. The maximum atomic E-state index is 13.3. The number of aromatic nitrogens is 2. The summed E-state index contributed by atoms with van der Waals surface area (Å²) in [4.78, 5) is 0.151. The Morgan fingerprint density at radius 2 is 1.88 bits per heavy atom. The van der Waals surface area contributed by atoms with Crippen molar-refractivity contribution < 1.29 is 13.6 Å². The van der Waals surface area contributed by atoms with Crippen LogP contribution >= 0.6 is 11.6 Å². The minimum absolute atomic E-state index is 0.151. The van der Waals surface area contributed by atoms with Gasteiger partial charge in [0.1, 0.15) is 5.71 Å². The monoisotopic (exact) mass is 382 g/mol. The Balaban J connectivity index is 2.20. The van der Waals surface area contributed by atoms with Crippen LogP contribution in [0.2, 0.25) is 5.02 Å². The standard InChI is InChI=1S/C16H19ClN4O3S/c1-3-13-12-9-18-19-15(12)16(20-22)14(4-2)21(13)25(23,24)11-7-5-10(17)6-8-11/h5-9,13-14,22H,3-4H2,1-2H3,(H,18,19)/t13-,14+/m1/s1. The number of H-pyrrole nitrogens is 1. The fourth-order valence-corrected chi connectivity index (χ4v) is 5.38. The Morgan fingerprint density at radius 1 is 1.24 bits per heavy atom. The molecule has 0 saturated carbocycles. The van der Waals surface area contributed by atoms with E-state index in [9.17, 15) is 13.6 Å². The Hall–Kier alpha value is -1.90. The first-order valence-electron chi connectivity index (χ1n) is 8.00. The van der Waals surface area contributed by atoms with Gasteiger partial charge in [0.25, 0.3) is 0 Å². The van der Waals surface area contributed by atoms with Gasteiger partial charge in [0.2, 0.25) is 10.0 Å². The van der Waals surface area contributed by atoms with Gasteiger partial charge in [-0.3, -0.25) is 5.10 Å². The first-order valence-corrected chi connectivity index (χ1v) is 9.82. The summed E-state index contributed by atoms with van der Waals surface area (Å²) in [6.07, 6.45) is 2.61. The van der Waals surface area contributed by atoms with Crippen molar-refractivity contribution in [3.63, 3.8) is 0 Å². The molecule has 1 aromatic heterocycles. The Kier molecular flexibility index (Phi) is 4.86. The molecule has 0 radical (unpaired) electrons. The molecule has 0 amide bonds. The van der Waals surface area contributed by atoms with Crippen molar-refractivity contribution in [1.82, 2.24) is 14.5 Å². The van der Waals surface area contributed by atoms with Gasteiger partial charge in [-0.05, 0) is 37.1 Å².